The molecule has 1 aromatic carbocycles. The summed E-state index contributed by atoms with van der Waals surface area (Å²) in [7, 11) is 0. The third kappa shape index (κ3) is 5.66. The number of nitrogen functional groups attached to an aromatic ring is 1. The van der Waals surface area contributed by atoms with Crippen LogP contribution >= 0.6 is 11.6 Å². The monoisotopic (exact) mass is 535 g/mol. The first-order valence-electron chi connectivity index (χ1n) is 11.8. The van der Waals surface area contributed by atoms with Gasteiger partial charge in [0.25, 0.3) is 5.91 Å². The lowest BCUT2D eigenvalue weighted by atomic mass is 10.1. The Hall–Kier alpha value is -4.28. The highest BCUT2D eigenvalue weighted by Crippen LogP contribution is 2.32. The van der Waals surface area contributed by atoms with Gasteiger partial charge in [-0.05, 0) is 54.1 Å². The van der Waals surface area contributed by atoms with E-state index in [0.717, 1.165) is 5.56 Å². The zero-order valence-corrected chi connectivity index (χ0v) is 20.9. The summed E-state index contributed by atoms with van der Waals surface area (Å²) in [5, 5.41) is 3.74. The highest BCUT2D eigenvalue weighted by atomic mass is 35.5. The molecule has 0 spiro atoms. The summed E-state index contributed by atoms with van der Waals surface area (Å²) in [6, 6.07) is 11.3. The van der Waals surface area contributed by atoms with Crippen LogP contribution in [0, 0.1) is 5.82 Å². The number of anilines is 1. The Labute approximate surface area is 222 Å². The van der Waals surface area contributed by atoms with Gasteiger partial charge in [0.05, 0.1) is 30.5 Å². The van der Waals surface area contributed by atoms with Crippen molar-refractivity contribution in [1.82, 2.24) is 20.2 Å². The van der Waals surface area contributed by atoms with Gasteiger partial charge >= 0.3 is 0 Å². The summed E-state index contributed by atoms with van der Waals surface area (Å²) in [5.41, 5.74) is 7.47. The van der Waals surface area contributed by atoms with E-state index in [-0.39, 0.29) is 18.1 Å². The first kappa shape index (κ1) is 25.4. The van der Waals surface area contributed by atoms with Crippen molar-refractivity contribution >= 4 is 46.3 Å². The van der Waals surface area contributed by atoms with E-state index in [1.165, 1.54) is 23.1 Å². The number of hydrogen-bond donors (Lipinski definition) is 2. The molecule has 5 rings (SSSR count). The third-order valence-electron chi connectivity index (χ3n) is 5.94. The van der Waals surface area contributed by atoms with E-state index in [9.17, 15) is 14.0 Å². The van der Waals surface area contributed by atoms with Gasteiger partial charge < -0.3 is 25.1 Å². The van der Waals surface area contributed by atoms with Gasteiger partial charge in [0.15, 0.2) is 17.1 Å². The van der Waals surface area contributed by atoms with Crippen LogP contribution in [-0.2, 0) is 16.1 Å². The van der Waals surface area contributed by atoms with Gasteiger partial charge in [0, 0.05) is 36.3 Å². The molecule has 0 aliphatic carbocycles. The summed E-state index contributed by atoms with van der Waals surface area (Å²) < 4.78 is 25.6. The molecule has 9 nitrogen and oxygen atoms in total. The van der Waals surface area contributed by atoms with Gasteiger partial charge in [-0.3, -0.25) is 9.59 Å². The normalized spacial score (nSPS) is 13.8. The molecule has 0 saturated carbocycles. The number of morpholine rings is 1. The maximum Gasteiger partial charge on any atom is 0.275 e. The maximum atomic E-state index is 14.5. The zero-order valence-electron chi connectivity index (χ0n) is 20.1. The number of aromatic nitrogens is 2. The molecule has 194 valence electrons. The number of nitrogens with zero attached hydrogens (tertiary/aromatic N) is 3. The quantitative estimate of drug-likeness (QED) is 0.357. The molecule has 0 radical (unpaired) electrons. The van der Waals surface area contributed by atoms with E-state index < -0.39 is 11.7 Å². The predicted octanol–water partition coefficient (Wildman–Crippen LogP) is 4.07. The molecule has 1 aliphatic heterocycles. The van der Waals surface area contributed by atoms with Gasteiger partial charge in [-0.15, -0.1) is 0 Å². The molecule has 4 aromatic rings. The Balaban J connectivity index is 1.32. The van der Waals surface area contributed by atoms with E-state index in [1.54, 1.807) is 42.6 Å². The third-order valence-corrected chi connectivity index (χ3v) is 6.22. The van der Waals surface area contributed by atoms with E-state index in [1.807, 2.05) is 0 Å². The van der Waals surface area contributed by atoms with Crippen molar-refractivity contribution in [2.45, 2.75) is 6.54 Å². The molecule has 3 N–H and O–H groups in total. The number of carbonyl (C=O) groups excluding carboxylic acids is 2. The summed E-state index contributed by atoms with van der Waals surface area (Å²) in [5.74, 6) is -0.606. The number of rotatable bonds is 6. The predicted molar refractivity (Wildman–Crippen MR) is 141 cm³/mol. The SMILES string of the molecule is Nc1ccc(C=CC(=O)NCc2cc3cc(-c4ccc(F)c(C(=O)N5CCOCC5)n4)cc(Cl)c3o2)cn1. The topological polar surface area (TPSA) is 124 Å². The van der Waals surface area contributed by atoms with Crippen LogP contribution in [0.4, 0.5) is 10.2 Å². The molecule has 1 aliphatic rings. The molecular formula is C27H23ClFN5O4. The Morgan fingerprint density at radius 1 is 1.16 bits per heavy atom. The largest absolute Gasteiger partial charge is 0.458 e. The lowest BCUT2D eigenvalue weighted by molar-refractivity contribution is -0.116. The number of hydrogen-bond acceptors (Lipinski definition) is 7. The summed E-state index contributed by atoms with van der Waals surface area (Å²) in [6.45, 7) is 1.70. The van der Waals surface area contributed by atoms with Crippen LogP contribution in [0.25, 0.3) is 28.3 Å². The second-order valence-electron chi connectivity index (χ2n) is 8.59. The van der Waals surface area contributed by atoms with Gasteiger partial charge in [-0.1, -0.05) is 11.6 Å². The number of nitrogens with two attached hydrogens (primary N) is 1. The second kappa shape index (κ2) is 11.0. The maximum absolute atomic E-state index is 14.5. The fourth-order valence-electron chi connectivity index (χ4n) is 3.99. The molecular weight excluding hydrogens is 513 g/mol. The average molecular weight is 536 g/mol. The molecule has 0 bridgehead atoms. The number of amides is 2. The smallest absolute Gasteiger partial charge is 0.275 e. The number of pyridine rings is 2. The Morgan fingerprint density at radius 3 is 2.74 bits per heavy atom. The first-order chi connectivity index (χ1) is 18.4. The number of fused-ring (bicyclic) bond motifs is 1. The lowest BCUT2D eigenvalue weighted by Gasteiger charge is -2.26. The Kier molecular flexibility index (Phi) is 7.34. The second-order valence-corrected chi connectivity index (χ2v) is 9.00. The molecule has 4 heterocycles. The first-order valence-corrected chi connectivity index (χ1v) is 12.2. The number of benzene rings is 1. The molecule has 0 atom stereocenters. The Bertz CT molecular complexity index is 1530. The van der Waals surface area contributed by atoms with Crippen molar-refractivity contribution in [2.75, 3.05) is 32.0 Å². The van der Waals surface area contributed by atoms with Gasteiger partial charge in [-0.2, -0.15) is 0 Å². The van der Waals surface area contributed by atoms with Crippen molar-refractivity contribution in [3.05, 3.63) is 82.6 Å². The number of furan rings is 1. The molecule has 1 fully saturated rings. The molecule has 1 saturated heterocycles. The number of carbonyl (C=O) groups is 2. The molecule has 11 heteroatoms. The van der Waals surface area contributed by atoms with Crippen molar-refractivity contribution in [3.63, 3.8) is 0 Å². The van der Waals surface area contributed by atoms with Crippen LogP contribution in [0.15, 0.2) is 59.2 Å². The van der Waals surface area contributed by atoms with Crippen molar-refractivity contribution in [2.24, 2.45) is 0 Å². The summed E-state index contributed by atoms with van der Waals surface area (Å²) in [4.78, 5) is 34.9. The average Bonchev–Trinajstić information content (AvgIpc) is 3.36. The minimum absolute atomic E-state index is 0.135. The van der Waals surface area contributed by atoms with Crippen LogP contribution in [0.3, 0.4) is 0 Å². The van der Waals surface area contributed by atoms with Gasteiger partial charge in [0.2, 0.25) is 5.91 Å². The fourth-order valence-corrected chi connectivity index (χ4v) is 4.25. The van der Waals surface area contributed by atoms with Crippen LogP contribution in [0.1, 0.15) is 21.8 Å². The van der Waals surface area contributed by atoms with Crippen LogP contribution in [0.5, 0.6) is 0 Å². The highest BCUT2D eigenvalue weighted by Gasteiger charge is 2.23. The number of nitrogens with one attached hydrogen (secondary N) is 1. The minimum atomic E-state index is -0.694. The van der Waals surface area contributed by atoms with Gasteiger partial charge in [0.1, 0.15) is 11.6 Å². The molecule has 38 heavy (non-hydrogen) atoms. The molecule has 0 unspecified atom stereocenters. The molecule has 3 aromatic heterocycles. The zero-order chi connectivity index (χ0) is 26.6. The van der Waals surface area contributed by atoms with E-state index in [2.05, 4.69) is 15.3 Å². The molecule has 2 amide bonds. The Morgan fingerprint density at radius 2 is 1.97 bits per heavy atom. The van der Waals surface area contributed by atoms with E-state index in [4.69, 9.17) is 26.5 Å². The standard InChI is InChI=1S/C27H23ClFN5O4/c28-20-13-17(22-4-3-21(29)25(33-22)27(36)34-7-9-37-10-8-34)11-18-12-19(38-26(18)20)15-32-24(35)6-2-16-1-5-23(30)31-14-16/h1-6,11-14H,7-10,15H2,(H2,30,31)(H,32,35). The van der Waals surface area contributed by atoms with Crippen molar-refractivity contribution < 1.29 is 23.1 Å². The van der Waals surface area contributed by atoms with Gasteiger partial charge in [-0.25, -0.2) is 14.4 Å². The van der Waals surface area contributed by atoms with Crippen LogP contribution in [0.2, 0.25) is 5.02 Å². The van der Waals surface area contributed by atoms with Crippen LogP contribution in [-0.4, -0.2) is 53.0 Å². The summed E-state index contributed by atoms with van der Waals surface area (Å²) in [6.07, 6.45) is 4.57. The minimum Gasteiger partial charge on any atom is -0.458 e. The number of halogens is 2. The van der Waals surface area contributed by atoms with E-state index in [0.29, 0.717) is 65.1 Å². The fraction of sp³-hybridized carbons (Fsp3) is 0.185. The number of ether oxygens (including phenoxy) is 1. The van der Waals surface area contributed by atoms with Crippen LogP contribution < -0.4 is 11.1 Å². The highest BCUT2D eigenvalue weighted by molar-refractivity contribution is 6.35. The summed E-state index contributed by atoms with van der Waals surface area (Å²) >= 11 is 6.47. The van der Waals surface area contributed by atoms with Crippen molar-refractivity contribution in [1.29, 1.82) is 0 Å². The van der Waals surface area contributed by atoms with Crippen molar-refractivity contribution in [3.8, 4) is 11.3 Å². The lowest BCUT2D eigenvalue weighted by Crippen LogP contribution is -2.41. The van der Waals surface area contributed by atoms with E-state index >= 15 is 0 Å².